The van der Waals surface area contributed by atoms with Crippen molar-refractivity contribution in [3.8, 4) is 0 Å². The van der Waals surface area contributed by atoms with E-state index in [-0.39, 0.29) is 10.8 Å². The van der Waals surface area contributed by atoms with E-state index in [0.717, 1.165) is 0 Å². The Morgan fingerprint density at radius 3 is 2.64 bits per heavy atom. The van der Waals surface area contributed by atoms with Crippen molar-refractivity contribution in [1.29, 1.82) is 0 Å². The van der Waals surface area contributed by atoms with E-state index in [1.165, 1.54) is 0 Å². The summed E-state index contributed by atoms with van der Waals surface area (Å²) in [5, 5.41) is 0. The van der Waals surface area contributed by atoms with Crippen molar-refractivity contribution in [3.05, 3.63) is 0 Å². The van der Waals surface area contributed by atoms with Gasteiger partial charge in [0.1, 0.15) is 11.4 Å². The lowest BCUT2D eigenvalue weighted by atomic mass is 10.5. The van der Waals surface area contributed by atoms with Gasteiger partial charge in [-0.25, -0.2) is 0 Å². The van der Waals surface area contributed by atoms with Crippen LogP contribution in [-0.4, -0.2) is 30.6 Å². The van der Waals surface area contributed by atoms with Crippen molar-refractivity contribution in [1.82, 2.24) is 0 Å². The summed E-state index contributed by atoms with van der Waals surface area (Å²) in [6.07, 6.45) is 0. The van der Waals surface area contributed by atoms with Crippen LogP contribution in [0.4, 0.5) is 0 Å². The van der Waals surface area contributed by atoms with E-state index in [4.69, 9.17) is 9.47 Å². The third-order valence-corrected chi connectivity index (χ3v) is 1.37. The number of esters is 1. The zero-order valence-electron chi connectivity index (χ0n) is 6.80. The van der Waals surface area contributed by atoms with E-state index in [0.29, 0.717) is 19.8 Å². The minimum absolute atomic E-state index is 0.232. The normalized spacial score (nSPS) is 12.6. The average Bonchev–Trinajstić information content (AvgIpc) is 1.97. The third-order valence-electron chi connectivity index (χ3n) is 1.00. The fourth-order valence-electron chi connectivity index (χ4n) is 0.460. The molecule has 1 atom stereocenters. The SMILES string of the molecule is CCOCCOC(=O)C(C)Br. The molecule has 0 aliphatic carbocycles. The van der Waals surface area contributed by atoms with Gasteiger partial charge in [0.15, 0.2) is 0 Å². The smallest absolute Gasteiger partial charge is 0.319 e. The highest BCUT2D eigenvalue weighted by Gasteiger charge is 2.08. The quantitative estimate of drug-likeness (QED) is 0.402. The molecule has 0 aromatic heterocycles. The molecule has 0 aliphatic rings. The Hall–Kier alpha value is -0.0900. The zero-order chi connectivity index (χ0) is 8.69. The second-order valence-corrected chi connectivity index (χ2v) is 3.35. The first kappa shape index (κ1) is 10.9. The van der Waals surface area contributed by atoms with Crippen LogP contribution in [0, 0.1) is 0 Å². The Morgan fingerprint density at radius 2 is 2.18 bits per heavy atom. The van der Waals surface area contributed by atoms with Gasteiger partial charge in [-0.05, 0) is 13.8 Å². The zero-order valence-corrected chi connectivity index (χ0v) is 8.39. The van der Waals surface area contributed by atoms with Crippen LogP contribution >= 0.6 is 15.9 Å². The second kappa shape index (κ2) is 6.61. The van der Waals surface area contributed by atoms with E-state index >= 15 is 0 Å². The molecule has 0 amide bonds. The van der Waals surface area contributed by atoms with Gasteiger partial charge >= 0.3 is 5.97 Å². The molecule has 11 heavy (non-hydrogen) atoms. The number of carbonyl (C=O) groups excluding carboxylic acids is 1. The second-order valence-electron chi connectivity index (χ2n) is 1.98. The molecule has 3 nitrogen and oxygen atoms in total. The van der Waals surface area contributed by atoms with Crippen LogP contribution in [0.1, 0.15) is 13.8 Å². The number of carbonyl (C=O) groups is 1. The monoisotopic (exact) mass is 224 g/mol. The lowest BCUT2D eigenvalue weighted by Crippen LogP contribution is -2.16. The van der Waals surface area contributed by atoms with Crippen LogP contribution in [0.15, 0.2) is 0 Å². The Morgan fingerprint density at radius 1 is 1.55 bits per heavy atom. The highest BCUT2D eigenvalue weighted by atomic mass is 79.9. The fourth-order valence-corrected chi connectivity index (χ4v) is 0.593. The molecule has 0 aliphatic heterocycles. The van der Waals surface area contributed by atoms with E-state index in [1.807, 2.05) is 6.92 Å². The lowest BCUT2D eigenvalue weighted by molar-refractivity contribution is -0.143. The van der Waals surface area contributed by atoms with E-state index in [9.17, 15) is 4.79 Å². The number of rotatable bonds is 5. The van der Waals surface area contributed by atoms with E-state index < -0.39 is 0 Å². The van der Waals surface area contributed by atoms with Crippen molar-refractivity contribution in [2.45, 2.75) is 18.7 Å². The first-order chi connectivity index (χ1) is 5.18. The summed E-state index contributed by atoms with van der Waals surface area (Å²) in [4.78, 5) is 10.5. The molecule has 0 saturated heterocycles. The van der Waals surface area contributed by atoms with Crippen LogP contribution in [-0.2, 0) is 14.3 Å². The highest BCUT2D eigenvalue weighted by molar-refractivity contribution is 9.10. The maximum Gasteiger partial charge on any atom is 0.319 e. The third kappa shape index (κ3) is 6.31. The maximum absolute atomic E-state index is 10.8. The van der Waals surface area contributed by atoms with Crippen LogP contribution < -0.4 is 0 Å². The van der Waals surface area contributed by atoms with Crippen molar-refractivity contribution < 1.29 is 14.3 Å². The Bertz CT molecular complexity index is 114. The molecule has 66 valence electrons. The molecule has 1 unspecified atom stereocenters. The van der Waals surface area contributed by atoms with Crippen LogP contribution in [0.2, 0.25) is 0 Å². The molecule has 0 heterocycles. The molecule has 0 radical (unpaired) electrons. The molecule has 0 rings (SSSR count). The number of hydrogen-bond acceptors (Lipinski definition) is 3. The van der Waals surface area contributed by atoms with Gasteiger partial charge in [-0.2, -0.15) is 0 Å². The number of ether oxygens (including phenoxy) is 2. The van der Waals surface area contributed by atoms with Gasteiger partial charge in [-0.1, -0.05) is 15.9 Å². The van der Waals surface area contributed by atoms with Crippen molar-refractivity contribution in [2.75, 3.05) is 19.8 Å². The number of alkyl halides is 1. The Kier molecular flexibility index (Phi) is 6.56. The Balaban J connectivity index is 3.18. The summed E-state index contributed by atoms with van der Waals surface area (Å²) in [5.74, 6) is -0.246. The molecule has 0 aromatic rings. The summed E-state index contributed by atoms with van der Waals surface area (Å²) in [6, 6.07) is 0. The van der Waals surface area contributed by atoms with Crippen LogP contribution in [0.3, 0.4) is 0 Å². The average molecular weight is 225 g/mol. The predicted octanol–water partition coefficient (Wildman–Crippen LogP) is 1.35. The fraction of sp³-hybridized carbons (Fsp3) is 0.857. The van der Waals surface area contributed by atoms with Crippen LogP contribution in [0.5, 0.6) is 0 Å². The van der Waals surface area contributed by atoms with Crippen molar-refractivity contribution in [3.63, 3.8) is 0 Å². The summed E-state index contributed by atoms with van der Waals surface area (Å²) in [7, 11) is 0. The molecular weight excluding hydrogens is 212 g/mol. The molecule has 0 bridgehead atoms. The number of hydrogen-bond donors (Lipinski definition) is 0. The first-order valence-electron chi connectivity index (χ1n) is 3.57. The molecule has 0 saturated carbocycles. The van der Waals surface area contributed by atoms with Gasteiger partial charge in [0.25, 0.3) is 0 Å². The molecule has 0 N–H and O–H groups in total. The van der Waals surface area contributed by atoms with E-state index in [2.05, 4.69) is 15.9 Å². The van der Waals surface area contributed by atoms with Crippen molar-refractivity contribution in [2.24, 2.45) is 0 Å². The van der Waals surface area contributed by atoms with Gasteiger partial charge < -0.3 is 9.47 Å². The summed E-state index contributed by atoms with van der Waals surface area (Å²) < 4.78 is 9.77. The van der Waals surface area contributed by atoms with E-state index in [1.54, 1.807) is 6.92 Å². The lowest BCUT2D eigenvalue weighted by Gasteiger charge is -2.05. The topological polar surface area (TPSA) is 35.5 Å². The van der Waals surface area contributed by atoms with Gasteiger partial charge in [0.2, 0.25) is 0 Å². The first-order valence-corrected chi connectivity index (χ1v) is 4.48. The maximum atomic E-state index is 10.8. The Labute approximate surface area is 75.2 Å². The molecule has 0 fully saturated rings. The van der Waals surface area contributed by atoms with Gasteiger partial charge in [-0.15, -0.1) is 0 Å². The number of halogens is 1. The molecular formula is C7H13BrO3. The standard InChI is InChI=1S/C7H13BrO3/c1-3-10-4-5-11-7(9)6(2)8/h6H,3-5H2,1-2H3. The van der Waals surface area contributed by atoms with Gasteiger partial charge in [0.05, 0.1) is 6.61 Å². The van der Waals surface area contributed by atoms with Gasteiger partial charge in [-0.3, -0.25) is 4.79 Å². The minimum atomic E-state index is -0.246. The van der Waals surface area contributed by atoms with Crippen molar-refractivity contribution >= 4 is 21.9 Å². The highest BCUT2D eigenvalue weighted by Crippen LogP contribution is 1.99. The largest absolute Gasteiger partial charge is 0.462 e. The summed E-state index contributed by atoms with van der Waals surface area (Å²) >= 11 is 3.09. The molecule has 0 spiro atoms. The van der Waals surface area contributed by atoms with Gasteiger partial charge in [0, 0.05) is 6.61 Å². The minimum Gasteiger partial charge on any atom is -0.462 e. The summed E-state index contributed by atoms with van der Waals surface area (Å²) in [6.45, 7) is 5.09. The summed E-state index contributed by atoms with van der Waals surface area (Å²) in [5.41, 5.74) is 0. The predicted molar refractivity (Wildman–Crippen MR) is 45.8 cm³/mol. The molecule has 4 heteroatoms. The molecule has 0 aromatic carbocycles. The van der Waals surface area contributed by atoms with Crippen LogP contribution in [0.25, 0.3) is 0 Å².